The van der Waals surface area contributed by atoms with Gasteiger partial charge in [0.1, 0.15) is 0 Å². The summed E-state index contributed by atoms with van der Waals surface area (Å²) in [6.07, 6.45) is -0.365. The summed E-state index contributed by atoms with van der Waals surface area (Å²) < 4.78 is 2.30. The molecule has 0 saturated carbocycles. The van der Waals surface area contributed by atoms with E-state index in [2.05, 4.69) is 28.1 Å². The lowest BCUT2D eigenvalue weighted by Gasteiger charge is -1.95. The predicted octanol–water partition coefficient (Wildman–Crippen LogP) is 3.72. The van der Waals surface area contributed by atoms with Crippen molar-refractivity contribution in [3.8, 4) is 0 Å². The van der Waals surface area contributed by atoms with Crippen LogP contribution in [0.1, 0.15) is 17.9 Å². The van der Waals surface area contributed by atoms with Gasteiger partial charge in [-0.1, -0.05) is 22.0 Å². The molecule has 2 aromatic rings. The standard InChI is InChI=1S/C10H9BrOS/c1-6(12)9-4-7-2-3-8(11)5-10(7)13-9/h2-6,12H,1H3. The lowest BCUT2D eigenvalue weighted by Crippen LogP contribution is -1.83. The minimum Gasteiger partial charge on any atom is -0.388 e. The first-order valence-electron chi connectivity index (χ1n) is 4.04. The fourth-order valence-corrected chi connectivity index (χ4v) is 2.79. The molecule has 1 heterocycles. The van der Waals surface area contributed by atoms with Gasteiger partial charge in [0.15, 0.2) is 0 Å². The number of aliphatic hydroxyl groups is 1. The van der Waals surface area contributed by atoms with Gasteiger partial charge in [-0.25, -0.2) is 0 Å². The Morgan fingerprint density at radius 1 is 1.38 bits per heavy atom. The van der Waals surface area contributed by atoms with Crippen molar-refractivity contribution < 1.29 is 5.11 Å². The third kappa shape index (κ3) is 1.77. The molecule has 1 aromatic heterocycles. The molecule has 0 radical (unpaired) electrons. The summed E-state index contributed by atoms with van der Waals surface area (Å²) in [6, 6.07) is 8.19. The zero-order valence-electron chi connectivity index (χ0n) is 7.12. The molecule has 0 saturated heterocycles. The van der Waals surface area contributed by atoms with Crippen molar-refractivity contribution in [1.29, 1.82) is 0 Å². The number of hydrogen-bond acceptors (Lipinski definition) is 2. The molecule has 1 aromatic carbocycles. The smallest absolute Gasteiger partial charge is 0.0854 e. The number of hydrogen-bond donors (Lipinski definition) is 1. The summed E-state index contributed by atoms with van der Waals surface area (Å²) in [6.45, 7) is 1.79. The number of halogens is 1. The van der Waals surface area contributed by atoms with Crippen LogP contribution in [0.2, 0.25) is 0 Å². The number of thiophene rings is 1. The molecule has 0 aliphatic carbocycles. The van der Waals surface area contributed by atoms with Crippen molar-refractivity contribution >= 4 is 37.4 Å². The van der Waals surface area contributed by atoms with Crippen LogP contribution in [0.15, 0.2) is 28.7 Å². The average Bonchev–Trinajstić information content (AvgIpc) is 2.46. The van der Waals surface area contributed by atoms with Crippen LogP contribution in [0.5, 0.6) is 0 Å². The van der Waals surface area contributed by atoms with Gasteiger partial charge in [0, 0.05) is 14.0 Å². The van der Waals surface area contributed by atoms with E-state index >= 15 is 0 Å². The molecule has 13 heavy (non-hydrogen) atoms. The Kier molecular flexibility index (Phi) is 2.41. The van der Waals surface area contributed by atoms with Gasteiger partial charge in [-0.05, 0) is 30.5 Å². The van der Waals surface area contributed by atoms with E-state index in [4.69, 9.17) is 0 Å². The highest BCUT2D eigenvalue weighted by atomic mass is 79.9. The molecule has 0 aliphatic heterocycles. The number of benzene rings is 1. The normalized spacial score (nSPS) is 13.5. The number of aliphatic hydroxyl groups excluding tert-OH is 1. The summed E-state index contributed by atoms with van der Waals surface area (Å²) in [7, 11) is 0. The minimum atomic E-state index is -0.365. The zero-order chi connectivity index (χ0) is 9.42. The van der Waals surface area contributed by atoms with Crippen LogP contribution in [0.25, 0.3) is 10.1 Å². The zero-order valence-corrected chi connectivity index (χ0v) is 9.52. The third-order valence-corrected chi connectivity index (χ3v) is 3.67. The molecule has 1 nitrogen and oxygen atoms in total. The maximum absolute atomic E-state index is 9.39. The number of fused-ring (bicyclic) bond motifs is 1. The molecule has 0 fully saturated rings. The van der Waals surface area contributed by atoms with Crippen LogP contribution >= 0.6 is 27.3 Å². The van der Waals surface area contributed by atoms with Crippen LogP contribution in [-0.4, -0.2) is 5.11 Å². The Labute approximate surface area is 89.1 Å². The molecule has 2 rings (SSSR count). The minimum absolute atomic E-state index is 0.365. The number of rotatable bonds is 1. The first-order chi connectivity index (χ1) is 6.16. The second-order valence-corrected chi connectivity index (χ2v) is 5.04. The molecule has 0 amide bonds. The quantitative estimate of drug-likeness (QED) is 0.825. The van der Waals surface area contributed by atoms with E-state index in [1.807, 2.05) is 12.1 Å². The Bertz CT molecular complexity index is 433. The summed E-state index contributed by atoms with van der Waals surface area (Å²) in [5.41, 5.74) is 0. The Morgan fingerprint density at radius 3 is 2.85 bits per heavy atom. The first-order valence-corrected chi connectivity index (χ1v) is 5.65. The Morgan fingerprint density at radius 2 is 2.15 bits per heavy atom. The first kappa shape index (κ1) is 9.19. The van der Waals surface area contributed by atoms with Crippen molar-refractivity contribution in [2.24, 2.45) is 0 Å². The molecule has 0 bridgehead atoms. The fraction of sp³-hybridized carbons (Fsp3) is 0.200. The van der Waals surface area contributed by atoms with Crippen molar-refractivity contribution in [3.63, 3.8) is 0 Å². The van der Waals surface area contributed by atoms with Gasteiger partial charge in [0.2, 0.25) is 0 Å². The van der Waals surface area contributed by atoms with Crippen molar-refractivity contribution in [2.45, 2.75) is 13.0 Å². The maximum atomic E-state index is 9.39. The lowest BCUT2D eigenvalue weighted by molar-refractivity contribution is 0.203. The van der Waals surface area contributed by atoms with E-state index in [0.717, 1.165) is 9.35 Å². The van der Waals surface area contributed by atoms with Gasteiger partial charge in [0.25, 0.3) is 0 Å². The molecule has 0 aliphatic rings. The lowest BCUT2D eigenvalue weighted by atomic mass is 10.2. The Hall–Kier alpha value is -0.380. The highest BCUT2D eigenvalue weighted by Crippen LogP contribution is 2.31. The summed E-state index contributed by atoms with van der Waals surface area (Å²) in [5, 5.41) is 10.6. The average molecular weight is 257 g/mol. The van der Waals surface area contributed by atoms with Crippen LogP contribution in [0.4, 0.5) is 0 Å². The van der Waals surface area contributed by atoms with Gasteiger partial charge in [-0.2, -0.15) is 0 Å². The summed E-state index contributed by atoms with van der Waals surface area (Å²) in [4.78, 5) is 1.02. The molecule has 1 unspecified atom stereocenters. The van der Waals surface area contributed by atoms with E-state index in [-0.39, 0.29) is 6.10 Å². The highest BCUT2D eigenvalue weighted by Gasteiger charge is 2.06. The summed E-state index contributed by atoms with van der Waals surface area (Å²) >= 11 is 5.06. The van der Waals surface area contributed by atoms with Gasteiger partial charge < -0.3 is 5.11 Å². The Balaban J connectivity index is 2.62. The molecule has 3 heteroatoms. The largest absolute Gasteiger partial charge is 0.388 e. The van der Waals surface area contributed by atoms with Crippen molar-refractivity contribution in [3.05, 3.63) is 33.6 Å². The van der Waals surface area contributed by atoms with Gasteiger partial charge in [-0.3, -0.25) is 0 Å². The van der Waals surface area contributed by atoms with E-state index < -0.39 is 0 Å². The van der Waals surface area contributed by atoms with Gasteiger partial charge in [0.05, 0.1) is 6.10 Å². The van der Waals surface area contributed by atoms with E-state index in [9.17, 15) is 5.11 Å². The van der Waals surface area contributed by atoms with E-state index in [1.54, 1.807) is 18.3 Å². The second-order valence-electron chi connectivity index (χ2n) is 3.01. The molecular weight excluding hydrogens is 248 g/mol. The maximum Gasteiger partial charge on any atom is 0.0854 e. The topological polar surface area (TPSA) is 20.2 Å². The van der Waals surface area contributed by atoms with Crippen LogP contribution in [0, 0.1) is 0 Å². The fourth-order valence-electron chi connectivity index (χ4n) is 1.23. The molecule has 1 atom stereocenters. The monoisotopic (exact) mass is 256 g/mol. The third-order valence-electron chi connectivity index (χ3n) is 1.91. The van der Waals surface area contributed by atoms with Crippen molar-refractivity contribution in [2.75, 3.05) is 0 Å². The highest BCUT2D eigenvalue weighted by molar-refractivity contribution is 9.10. The second kappa shape index (κ2) is 3.40. The van der Waals surface area contributed by atoms with E-state index in [1.165, 1.54) is 10.1 Å². The molecule has 1 N–H and O–H groups in total. The van der Waals surface area contributed by atoms with Crippen LogP contribution in [-0.2, 0) is 0 Å². The van der Waals surface area contributed by atoms with Gasteiger partial charge in [-0.15, -0.1) is 11.3 Å². The molecular formula is C10H9BrOS. The van der Waals surface area contributed by atoms with E-state index in [0.29, 0.717) is 0 Å². The predicted molar refractivity (Wildman–Crippen MR) is 60.2 cm³/mol. The molecule has 0 spiro atoms. The van der Waals surface area contributed by atoms with Crippen molar-refractivity contribution in [1.82, 2.24) is 0 Å². The van der Waals surface area contributed by atoms with Crippen LogP contribution in [0.3, 0.4) is 0 Å². The SMILES string of the molecule is CC(O)c1cc2ccc(Br)cc2s1. The summed E-state index contributed by atoms with van der Waals surface area (Å²) in [5.74, 6) is 0. The molecule has 68 valence electrons. The van der Waals surface area contributed by atoms with Gasteiger partial charge >= 0.3 is 0 Å². The van der Waals surface area contributed by atoms with Crippen LogP contribution < -0.4 is 0 Å².